The van der Waals surface area contributed by atoms with Gasteiger partial charge in [-0.3, -0.25) is 4.79 Å². The van der Waals surface area contributed by atoms with Gasteiger partial charge >= 0.3 is 0 Å². The highest BCUT2D eigenvalue weighted by Crippen LogP contribution is 2.34. The minimum Gasteiger partial charge on any atom is -0.326 e. The summed E-state index contributed by atoms with van der Waals surface area (Å²) in [5.74, 6) is 0.0203. The maximum absolute atomic E-state index is 13.3. The van der Waals surface area contributed by atoms with Crippen molar-refractivity contribution in [1.29, 1.82) is 0 Å². The van der Waals surface area contributed by atoms with Crippen molar-refractivity contribution in [2.75, 3.05) is 5.32 Å². The summed E-state index contributed by atoms with van der Waals surface area (Å²) in [4.78, 5) is 12.7. The zero-order valence-corrected chi connectivity index (χ0v) is 19.4. The lowest BCUT2D eigenvalue weighted by Crippen LogP contribution is -2.22. The first-order chi connectivity index (χ1) is 14.4. The van der Waals surface area contributed by atoms with Gasteiger partial charge in [0.25, 0.3) is 0 Å². The number of amides is 1. The fourth-order valence-electron chi connectivity index (χ4n) is 4.19. The average Bonchev–Trinajstić information content (AvgIpc) is 2.96. The number of nitrogens with one attached hydrogen (secondary N) is 1. The molecule has 1 aliphatic carbocycles. The van der Waals surface area contributed by atoms with Crippen LogP contribution in [0.2, 0.25) is 15.1 Å². The van der Waals surface area contributed by atoms with Crippen LogP contribution in [0.1, 0.15) is 56.6 Å². The van der Waals surface area contributed by atoms with Gasteiger partial charge < -0.3 is 5.32 Å². The van der Waals surface area contributed by atoms with Crippen molar-refractivity contribution in [2.45, 2.75) is 58.3 Å². The van der Waals surface area contributed by atoms with Crippen molar-refractivity contribution in [3.8, 4) is 0 Å². The molecule has 0 saturated heterocycles. The molecule has 2 aromatic carbocycles. The van der Waals surface area contributed by atoms with Gasteiger partial charge in [-0.15, -0.1) is 0 Å². The summed E-state index contributed by atoms with van der Waals surface area (Å²) in [5, 5.41) is 4.40. The number of anilines is 1. The van der Waals surface area contributed by atoms with Crippen LogP contribution in [0.15, 0.2) is 30.3 Å². The Labute approximate surface area is 193 Å². The van der Waals surface area contributed by atoms with E-state index in [1.54, 1.807) is 0 Å². The van der Waals surface area contributed by atoms with Crippen molar-refractivity contribution < 1.29 is 9.18 Å². The fraction of sp³-hybridized carbons (Fsp3) is 0.458. The number of rotatable bonds is 6. The highest BCUT2D eigenvalue weighted by atomic mass is 35.5. The third-order valence-corrected chi connectivity index (χ3v) is 7.02. The largest absolute Gasteiger partial charge is 0.326 e. The Hall–Kier alpha value is -1.29. The van der Waals surface area contributed by atoms with E-state index in [0.29, 0.717) is 11.6 Å². The zero-order chi connectivity index (χ0) is 21.7. The van der Waals surface area contributed by atoms with Crippen LogP contribution in [-0.4, -0.2) is 5.91 Å². The second kappa shape index (κ2) is 10.8. The van der Waals surface area contributed by atoms with Gasteiger partial charge in [0, 0.05) is 21.7 Å². The molecule has 1 fully saturated rings. The predicted molar refractivity (Wildman–Crippen MR) is 124 cm³/mol. The first kappa shape index (κ1) is 23.4. The molecule has 30 heavy (non-hydrogen) atoms. The third kappa shape index (κ3) is 6.12. The van der Waals surface area contributed by atoms with E-state index in [9.17, 15) is 9.18 Å². The molecular formula is C24H27Cl3FNO. The van der Waals surface area contributed by atoms with E-state index < -0.39 is 5.82 Å². The molecule has 2 nitrogen and oxygen atoms in total. The van der Waals surface area contributed by atoms with Gasteiger partial charge in [0.1, 0.15) is 5.82 Å². The van der Waals surface area contributed by atoms with E-state index >= 15 is 0 Å². The molecule has 2 aromatic rings. The number of hydrogen-bond donors (Lipinski definition) is 1. The summed E-state index contributed by atoms with van der Waals surface area (Å²) in [6.07, 6.45) is 7.63. The summed E-state index contributed by atoms with van der Waals surface area (Å²) in [7, 11) is 0. The maximum Gasteiger partial charge on any atom is 0.227 e. The molecule has 2 atom stereocenters. The van der Waals surface area contributed by atoms with Crippen LogP contribution in [0.25, 0.3) is 0 Å². The second-order valence-electron chi connectivity index (χ2n) is 8.12. The molecule has 0 heterocycles. The Morgan fingerprint density at radius 2 is 1.77 bits per heavy atom. The van der Waals surface area contributed by atoms with E-state index in [-0.39, 0.29) is 16.8 Å². The smallest absolute Gasteiger partial charge is 0.227 e. The topological polar surface area (TPSA) is 29.1 Å². The molecule has 0 aliphatic heterocycles. The van der Waals surface area contributed by atoms with Gasteiger partial charge in [-0.05, 0) is 85.9 Å². The van der Waals surface area contributed by atoms with Crippen LogP contribution in [-0.2, 0) is 17.6 Å². The van der Waals surface area contributed by atoms with Gasteiger partial charge in [0.05, 0.1) is 5.02 Å². The zero-order valence-electron chi connectivity index (χ0n) is 17.1. The van der Waals surface area contributed by atoms with Gasteiger partial charge in [0.2, 0.25) is 5.91 Å². The van der Waals surface area contributed by atoms with E-state index in [4.69, 9.17) is 34.8 Å². The average molecular weight is 471 g/mol. The minimum absolute atomic E-state index is 0.0121. The van der Waals surface area contributed by atoms with Crippen molar-refractivity contribution >= 4 is 46.4 Å². The molecule has 0 bridgehead atoms. The predicted octanol–water partition coefficient (Wildman–Crippen LogP) is 8.12. The summed E-state index contributed by atoms with van der Waals surface area (Å²) < 4.78 is 13.3. The molecular weight excluding hydrogens is 444 g/mol. The number of hydrogen-bond acceptors (Lipinski definition) is 1. The van der Waals surface area contributed by atoms with Crippen LogP contribution < -0.4 is 5.32 Å². The monoisotopic (exact) mass is 469 g/mol. The molecule has 1 N–H and O–H groups in total. The van der Waals surface area contributed by atoms with E-state index in [1.165, 1.54) is 18.2 Å². The van der Waals surface area contributed by atoms with Crippen molar-refractivity contribution in [2.24, 2.45) is 11.8 Å². The highest BCUT2D eigenvalue weighted by molar-refractivity contribution is 6.36. The van der Waals surface area contributed by atoms with Crippen molar-refractivity contribution in [1.82, 2.24) is 0 Å². The fourth-order valence-corrected chi connectivity index (χ4v) is 5.10. The molecule has 0 spiro atoms. The maximum atomic E-state index is 13.3. The van der Waals surface area contributed by atoms with E-state index in [0.717, 1.165) is 72.5 Å². The molecule has 162 valence electrons. The Morgan fingerprint density at radius 1 is 1.03 bits per heavy atom. The Morgan fingerprint density at radius 3 is 2.43 bits per heavy atom. The van der Waals surface area contributed by atoms with Gasteiger partial charge in [-0.1, -0.05) is 54.6 Å². The van der Waals surface area contributed by atoms with Crippen molar-refractivity contribution in [3.63, 3.8) is 0 Å². The Balaban J connectivity index is 1.53. The number of carbonyl (C=O) groups is 1. The standard InChI is InChI=1S/C24H27Cl3FNO/c1-2-15-12-20(25)19(21(26)13-15)10-7-16-4-3-5-17(8-6-16)24(30)29-18-9-11-23(28)22(27)14-18/h9,11-14,16-17H,2-8,10H2,1H3,(H,29,30). The lowest BCUT2D eigenvalue weighted by Gasteiger charge is -2.17. The number of halogens is 4. The van der Waals surface area contributed by atoms with E-state index in [2.05, 4.69) is 12.2 Å². The number of carbonyl (C=O) groups excluding carboxylic acids is 1. The quantitative estimate of drug-likeness (QED) is 0.424. The highest BCUT2D eigenvalue weighted by Gasteiger charge is 2.24. The number of aryl methyl sites for hydroxylation is 1. The van der Waals surface area contributed by atoms with Gasteiger partial charge in [-0.25, -0.2) is 4.39 Å². The SMILES string of the molecule is CCc1cc(Cl)c(CCC2CCCC(C(=O)Nc3ccc(F)c(Cl)c3)CC2)c(Cl)c1. The summed E-state index contributed by atoms with van der Waals surface area (Å²) >= 11 is 18.7. The first-order valence-electron chi connectivity index (χ1n) is 10.6. The molecule has 1 amide bonds. The molecule has 1 aliphatic rings. The molecule has 0 radical (unpaired) electrons. The lowest BCUT2D eigenvalue weighted by atomic mass is 9.91. The summed E-state index contributed by atoms with van der Waals surface area (Å²) in [5.41, 5.74) is 2.72. The Bertz CT molecular complexity index is 879. The first-order valence-corrected chi connectivity index (χ1v) is 11.7. The molecule has 3 rings (SSSR count). The minimum atomic E-state index is -0.489. The van der Waals surface area contributed by atoms with Crippen LogP contribution in [0.5, 0.6) is 0 Å². The Kier molecular flexibility index (Phi) is 8.44. The van der Waals surface area contributed by atoms with Crippen LogP contribution >= 0.6 is 34.8 Å². The molecule has 2 unspecified atom stereocenters. The molecule has 0 aromatic heterocycles. The van der Waals surface area contributed by atoms with Crippen molar-refractivity contribution in [3.05, 3.63) is 62.3 Å². The molecule has 1 saturated carbocycles. The summed E-state index contributed by atoms with van der Waals surface area (Å²) in [6, 6.07) is 8.28. The third-order valence-electron chi connectivity index (χ3n) is 6.06. The molecule has 6 heteroatoms. The normalized spacial score (nSPS) is 19.4. The number of benzene rings is 2. The lowest BCUT2D eigenvalue weighted by molar-refractivity contribution is -0.120. The van der Waals surface area contributed by atoms with E-state index in [1.807, 2.05) is 12.1 Å². The van der Waals surface area contributed by atoms with Crippen LogP contribution in [0.3, 0.4) is 0 Å². The van der Waals surface area contributed by atoms with Crippen LogP contribution in [0, 0.1) is 17.7 Å². The summed E-state index contributed by atoms with van der Waals surface area (Å²) in [6.45, 7) is 2.09. The second-order valence-corrected chi connectivity index (χ2v) is 9.34. The van der Waals surface area contributed by atoms with Gasteiger partial charge in [-0.2, -0.15) is 0 Å². The van der Waals surface area contributed by atoms with Gasteiger partial charge in [0.15, 0.2) is 0 Å². The van der Waals surface area contributed by atoms with Crippen LogP contribution in [0.4, 0.5) is 10.1 Å².